The zero-order valence-corrected chi connectivity index (χ0v) is 20.6. The minimum Gasteiger partial charge on any atom is -0.543 e. The molecule has 2 atom stereocenters. The molecule has 0 spiro atoms. The third-order valence-corrected chi connectivity index (χ3v) is 7.72. The van der Waals surface area contributed by atoms with Gasteiger partial charge in [-0.25, -0.2) is 14.5 Å². The van der Waals surface area contributed by atoms with E-state index in [2.05, 4.69) is 20.4 Å². The van der Waals surface area contributed by atoms with Crippen molar-refractivity contribution in [3.8, 4) is 0 Å². The van der Waals surface area contributed by atoms with E-state index < -0.39 is 29.2 Å². The molecule has 3 N–H and O–H groups in total. The molecule has 37 heavy (non-hydrogen) atoms. The molecule has 2 aromatic rings. The van der Waals surface area contributed by atoms with E-state index in [-0.39, 0.29) is 29.2 Å². The minimum absolute atomic E-state index is 0.0343. The molecule has 12 nitrogen and oxygen atoms in total. The van der Waals surface area contributed by atoms with Gasteiger partial charge in [0.1, 0.15) is 23.3 Å². The lowest BCUT2D eigenvalue weighted by molar-refractivity contribution is -0.689. The van der Waals surface area contributed by atoms with Gasteiger partial charge in [-0.3, -0.25) is 14.5 Å². The highest BCUT2D eigenvalue weighted by Crippen LogP contribution is 2.40. The van der Waals surface area contributed by atoms with Gasteiger partial charge in [0.05, 0.1) is 11.7 Å². The largest absolute Gasteiger partial charge is 0.543 e. The maximum atomic E-state index is 13.2. The van der Waals surface area contributed by atoms with Crippen LogP contribution in [0.3, 0.4) is 0 Å². The first-order valence-corrected chi connectivity index (χ1v) is 12.9. The molecule has 192 valence electrons. The highest BCUT2D eigenvalue weighted by Gasteiger charge is 2.53. The fourth-order valence-electron chi connectivity index (χ4n) is 4.55. The van der Waals surface area contributed by atoms with Crippen molar-refractivity contribution >= 4 is 41.1 Å². The van der Waals surface area contributed by atoms with Crippen molar-refractivity contribution in [2.24, 2.45) is 5.16 Å². The first-order valence-electron chi connectivity index (χ1n) is 11.9. The van der Waals surface area contributed by atoms with Gasteiger partial charge in [-0.15, -0.1) is 11.8 Å². The number of hydrogen-bond acceptors (Lipinski definition) is 10. The van der Waals surface area contributed by atoms with E-state index in [1.54, 1.807) is 0 Å². The summed E-state index contributed by atoms with van der Waals surface area (Å²) in [6, 6.07) is 6.03. The van der Waals surface area contributed by atoms with Crippen molar-refractivity contribution in [2.45, 2.75) is 49.7 Å². The first kappa shape index (κ1) is 24.7. The van der Waals surface area contributed by atoms with Crippen LogP contribution in [-0.2, 0) is 25.8 Å². The van der Waals surface area contributed by atoms with E-state index in [1.165, 1.54) is 28.9 Å². The van der Waals surface area contributed by atoms with Crippen LogP contribution in [-0.4, -0.2) is 61.6 Å². The Morgan fingerprint density at radius 3 is 2.73 bits per heavy atom. The maximum Gasteiger partial charge on any atom is 0.278 e. The molecule has 2 aliphatic heterocycles. The Morgan fingerprint density at radius 1 is 1.27 bits per heavy atom. The van der Waals surface area contributed by atoms with E-state index in [1.807, 2.05) is 35.2 Å². The predicted octanol–water partition coefficient (Wildman–Crippen LogP) is -0.886. The summed E-state index contributed by atoms with van der Waals surface area (Å²) in [4.78, 5) is 53.2. The number of aromatic nitrogens is 3. The number of aliphatic carboxylic acids is 1. The van der Waals surface area contributed by atoms with E-state index in [4.69, 9.17) is 10.6 Å². The number of nitrogen functional groups attached to an aromatic ring is 1. The summed E-state index contributed by atoms with van der Waals surface area (Å²) in [5.74, 6) is -2.23. The smallest absolute Gasteiger partial charge is 0.278 e. The van der Waals surface area contributed by atoms with Crippen LogP contribution in [0.2, 0.25) is 0 Å². The molecule has 0 aromatic carbocycles. The van der Waals surface area contributed by atoms with Crippen molar-refractivity contribution in [3.63, 3.8) is 0 Å². The van der Waals surface area contributed by atoms with Crippen LogP contribution >= 0.6 is 11.8 Å². The summed E-state index contributed by atoms with van der Waals surface area (Å²) in [7, 11) is 0. The van der Waals surface area contributed by atoms with Gasteiger partial charge < -0.3 is 25.8 Å². The van der Waals surface area contributed by atoms with Crippen LogP contribution in [0.5, 0.6) is 0 Å². The van der Waals surface area contributed by atoms with Crippen molar-refractivity contribution in [2.75, 3.05) is 11.5 Å². The standard InChI is InChI=1S/C24H25N7O5S/c25-16-8-9-26-20(27-16)17(29-36-15-6-2-3-7-15)21(32)28-18-22(33)31-19(24(34)35)14(13-37-23(18)31)12-30-10-4-1-5-11-30/h1,4-5,8-11,15,18,23H,2-3,6-7,12-13H2,(H3-,25,26,27,28,32,34,35)/t18?,23-/m0/s1. The Bertz CT molecular complexity index is 1280. The van der Waals surface area contributed by atoms with Crippen molar-refractivity contribution < 1.29 is 28.9 Å². The second kappa shape index (κ2) is 10.5. The topological polar surface area (TPSA) is 167 Å². The number of carbonyl (C=O) groups excluding carboxylic acids is 3. The monoisotopic (exact) mass is 523 g/mol. The number of amides is 2. The highest BCUT2D eigenvalue weighted by molar-refractivity contribution is 8.00. The SMILES string of the molecule is Nc1ccnc(C(=NOC2CCCC2)C(=O)NC2C(=O)N3C(C(=O)[O-])=C(C[n+]4ccccc4)CS[C@@H]23)n1. The van der Waals surface area contributed by atoms with Gasteiger partial charge in [-0.2, -0.15) is 0 Å². The molecule has 2 aromatic heterocycles. The van der Waals surface area contributed by atoms with Crippen LogP contribution < -0.4 is 20.7 Å². The quantitative estimate of drug-likeness (QED) is 0.193. The average molecular weight is 524 g/mol. The number of fused-ring (bicyclic) bond motifs is 1. The zero-order chi connectivity index (χ0) is 25.9. The number of nitrogens with two attached hydrogens (primary N) is 1. The fourth-order valence-corrected chi connectivity index (χ4v) is 5.89. The van der Waals surface area contributed by atoms with E-state index >= 15 is 0 Å². The van der Waals surface area contributed by atoms with Crippen LogP contribution in [0.15, 0.2) is 59.3 Å². The van der Waals surface area contributed by atoms with Crippen molar-refractivity contribution in [1.29, 1.82) is 0 Å². The Labute approximate surface area is 216 Å². The lowest BCUT2D eigenvalue weighted by Gasteiger charge is -2.50. The van der Waals surface area contributed by atoms with Gasteiger partial charge >= 0.3 is 0 Å². The molecule has 13 heteroatoms. The number of rotatable bonds is 8. The third-order valence-electron chi connectivity index (χ3n) is 6.38. The number of carboxylic acid groups (broad SMARTS) is 1. The Morgan fingerprint density at radius 2 is 2.03 bits per heavy atom. The van der Waals surface area contributed by atoms with Gasteiger partial charge in [0.2, 0.25) is 5.71 Å². The first-order chi connectivity index (χ1) is 17.9. The van der Waals surface area contributed by atoms with Crippen molar-refractivity contribution in [3.05, 3.63) is 60.0 Å². The van der Waals surface area contributed by atoms with Crippen LogP contribution in [0.4, 0.5) is 5.82 Å². The second-order valence-electron chi connectivity index (χ2n) is 8.91. The number of nitrogens with zero attached hydrogens (tertiary/aromatic N) is 5. The molecular weight excluding hydrogens is 498 g/mol. The van der Waals surface area contributed by atoms with Gasteiger partial charge in [0, 0.05) is 29.7 Å². The lowest BCUT2D eigenvalue weighted by atomic mass is 10.0. The van der Waals surface area contributed by atoms with E-state index in [0.717, 1.165) is 25.7 Å². The molecule has 1 saturated carbocycles. The van der Waals surface area contributed by atoms with Crippen LogP contribution in [0.1, 0.15) is 31.5 Å². The molecule has 2 fully saturated rings. The van der Waals surface area contributed by atoms with Gasteiger partial charge in [-0.05, 0) is 31.7 Å². The summed E-state index contributed by atoms with van der Waals surface area (Å²) in [5, 5.41) is 18.1. The molecule has 4 heterocycles. The van der Waals surface area contributed by atoms with Crippen molar-refractivity contribution in [1.82, 2.24) is 20.2 Å². The molecule has 3 aliphatic rings. The summed E-state index contributed by atoms with van der Waals surface area (Å²) in [5.41, 5.74) is 5.95. The summed E-state index contributed by atoms with van der Waals surface area (Å²) < 4.78 is 1.82. The maximum absolute atomic E-state index is 13.2. The zero-order valence-electron chi connectivity index (χ0n) is 19.8. The number of hydrogen-bond donors (Lipinski definition) is 2. The van der Waals surface area contributed by atoms with E-state index in [0.29, 0.717) is 17.9 Å². The summed E-state index contributed by atoms with van der Waals surface area (Å²) in [6.45, 7) is 0.298. The number of pyridine rings is 1. The van der Waals surface area contributed by atoms with Gasteiger partial charge in [0.25, 0.3) is 11.8 Å². The number of carbonyl (C=O) groups is 3. The molecule has 0 bridgehead atoms. The summed E-state index contributed by atoms with van der Waals surface area (Å²) >= 11 is 1.36. The lowest BCUT2D eigenvalue weighted by Crippen LogP contribution is -2.71. The molecule has 5 rings (SSSR count). The Hall–Kier alpha value is -4.00. The molecular formula is C24H25N7O5S. The number of β-lactam (4-membered cyclic amide) rings is 1. The predicted molar refractivity (Wildman–Crippen MR) is 130 cm³/mol. The minimum atomic E-state index is -1.43. The normalized spacial score (nSPS) is 21.9. The number of anilines is 1. The van der Waals surface area contributed by atoms with E-state index in [9.17, 15) is 19.5 Å². The molecule has 1 saturated heterocycles. The molecule has 1 aliphatic carbocycles. The number of carboxylic acids is 1. The summed E-state index contributed by atoms with van der Waals surface area (Å²) in [6.07, 6.45) is 8.58. The van der Waals surface area contributed by atoms with Crippen LogP contribution in [0, 0.1) is 0 Å². The fraction of sp³-hybridized carbons (Fsp3) is 0.375. The highest BCUT2D eigenvalue weighted by atomic mass is 32.2. The number of thioether (sulfide) groups is 1. The number of nitrogens with one attached hydrogen (secondary N) is 1. The average Bonchev–Trinajstić information content (AvgIpc) is 3.41. The van der Waals surface area contributed by atoms with Gasteiger partial charge in [-0.1, -0.05) is 11.2 Å². The van der Waals surface area contributed by atoms with Crippen LogP contribution in [0.25, 0.3) is 0 Å². The Balaban J connectivity index is 1.35. The van der Waals surface area contributed by atoms with Gasteiger partial charge in [0.15, 0.2) is 24.8 Å². The molecule has 0 radical (unpaired) electrons. The molecule has 2 amide bonds. The molecule has 1 unspecified atom stereocenters. The number of oxime groups is 1. The third kappa shape index (κ3) is 5.12. The second-order valence-corrected chi connectivity index (χ2v) is 10.0. The Kier molecular flexibility index (Phi) is 7.04.